The number of nitrogens with zero attached hydrogens (tertiary/aromatic N) is 1. The number of nitrogens with one attached hydrogen (secondary N) is 1. The molecule has 0 saturated heterocycles. The number of hydrogen-bond acceptors (Lipinski definition) is 4. The number of hydrogen-bond donors (Lipinski definition) is 3. The van der Waals surface area contributed by atoms with Crippen molar-refractivity contribution >= 4 is 17.3 Å². The molecule has 0 aromatic heterocycles. The molecule has 0 fully saturated rings. The number of aliphatic hydroxyl groups is 1. The SMILES string of the molecule is Cc1c(N)cccc1NC(=O)CN(CCO)C(C)C. The number of rotatable bonds is 6. The molecule has 0 unspecified atom stereocenters. The lowest BCUT2D eigenvalue weighted by Crippen LogP contribution is -2.39. The normalized spacial score (nSPS) is 11.1. The Labute approximate surface area is 114 Å². The van der Waals surface area contributed by atoms with Gasteiger partial charge in [0.15, 0.2) is 0 Å². The molecule has 4 N–H and O–H groups in total. The first-order valence-corrected chi connectivity index (χ1v) is 6.45. The van der Waals surface area contributed by atoms with Gasteiger partial charge >= 0.3 is 0 Å². The minimum atomic E-state index is -0.101. The molecule has 5 nitrogen and oxygen atoms in total. The lowest BCUT2D eigenvalue weighted by molar-refractivity contribution is -0.117. The van der Waals surface area contributed by atoms with Crippen LogP contribution in [0.15, 0.2) is 18.2 Å². The molecule has 19 heavy (non-hydrogen) atoms. The Morgan fingerprint density at radius 1 is 1.47 bits per heavy atom. The monoisotopic (exact) mass is 265 g/mol. The lowest BCUT2D eigenvalue weighted by atomic mass is 10.1. The first-order valence-electron chi connectivity index (χ1n) is 6.45. The summed E-state index contributed by atoms with van der Waals surface area (Å²) in [5.74, 6) is -0.101. The van der Waals surface area contributed by atoms with E-state index in [1.54, 1.807) is 6.07 Å². The maximum absolute atomic E-state index is 12.0. The summed E-state index contributed by atoms with van der Waals surface area (Å²) in [6.45, 7) is 6.65. The van der Waals surface area contributed by atoms with Gasteiger partial charge in [-0.2, -0.15) is 0 Å². The van der Waals surface area contributed by atoms with Crippen LogP contribution in [0.25, 0.3) is 0 Å². The fourth-order valence-electron chi connectivity index (χ4n) is 1.81. The maximum Gasteiger partial charge on any atom is 0.238 e. The van der Waals surface area contributed by atoms with E-state index in [2.05, 4.69) is 5.32 Å². The van der Waals surface area contributed by atoms with E-state index in [-0.39, 0.29) is 25.1 Å². The predicted molar refractivity (Wildman–Crippen MR) is 78.0 cm³/mol. The van der Waals surface area contributed by atoms with Crippen LogP contribution in [-0.2, 0) is 4.79 Å². The molecule has 0 bridgehead atoms. The van der Waals surface area contributed by atoms with E-state index in [4.69, 9.17) is 10.8 Å². The zero-order chi connectivity index (χ0) is 14.4. The number of carbonyl (C=O) groups is 1. The van der Waals surface area contributed by atoms with Crippen LogP contribution in [0.4, 0.5) is 11.4 Å². The second-order valence-corrected chi connectivity index (χ2v) is 4.86. The molecule has 0 spiro atoms. The summed E-state index contributed by atoms with van der Waals surface area (Å²) in [4.78, 5) is 13.9. The Balaban J connectivity index is 2.66. The van der Waals surface area contributed by atoms with Crippen LogP contribution in [0.3, 0.4) is 0 Å². The van der Waals surface area contributed by atoms with Crippen molar-refractivity contribution in [3.8, 4) is 0 Å². The van der Waals surface area contributed by atoms with Crippen LogP contribution in [-0.4, -0.2) is 41.7 Å². The largest absolute Gasteiger partial charge is 0.398 e. The van der Waals surface area contributed by atoms with Crippen molar-refractivity contribution in [2.75, 3.05) is 30.7 Å². The van der Waals surface area contributed by atoms with Gasteiger partial charge in [0.05, 0.1) is 13.2 Å². The molecule has 0 aliphatic heterocycles. The van der Waals surface area contributed by atoms with Crippen LogP contribution in [0.5, 0.6) is 0 Å². The fraction of sp³-hybridized carbons (Fsp3) is 0.500. The fourth-order valence-corrected chi connectivity index (χ4v) is 1.81. The highest BCUT2D eigenvalue weighted by Crippen LogP contribution is 2.20. The Morgan fingerprint density at radius 3 is 2.74 bits per heavy atom. The van der Waals surface area contributed by atoms with Crippen molar-refractivity contribution in [1.29, 1.82) is 0 Å². The maximum atomic E-state index is 12.0. The number of carbonyl (C=O) groups excluding carboxylic acids is 1. The minimum Gasteiger partial charge on any atom is -0.398 e. The van der Waals surface area contributed by atoms with E-state index in [1.807, 2.05) is 37.8 Å². The summed E-state index contributed by atoms with van der Waals surface area (Å²) in [6.07, 6.45) is 0. The average molecular weight is 265 g/mol. The molecule has 0 radical (unpaired) electrons. The van der Waals surface area contributed by atoms with Crippen molar-refractivity contribution in [3.63, 3.8) is 0 Å². The Kier molecular flexibility index (Phi) is 5.79. The highest BCUT2D eigenvalue weighted by Gasteiger charge is 2.14. The third-order valence-electron chi connectivity index (χ3n) is 3.11. The molecule has 0 saturated carbocycles. The summed E-state index contributed by atoms with van der Waals surface area (Å²) in [7, 11) is 0. The number of benzene rings is 1. The molecule has 1 rings (SSSR count). The molecular formula is C14H23N3O2. The second kappa shape index (κ2) is 7.11. The van der Waals surface area contributed by atoms with E-state index in [1.165, 1.54) is 0 Å². The van der Waals surface area contributed by atoms with Crippen LogP contribution in [0, 0.1) is 6.92 Å². The van der Waals surface area contributed by atoms with Gasteiger partial charge in [-0.25, -0.2) is 0 Å². The summed E-state index contributed by atoms with van der Waals surface area (Å²) in [6, 6.07) is 5.65. The summed E-state index contributed by atoms with van der Waals surface area (Å²) in [5, 5.41) is 11.8. The molecule has 1 amide bonds. The van der Waals surface area contributed by atoms with Gasteiger partial charge in [0, 0.05) is 24.0 Å². The topological polar surface area (TPSA) is 78.6 Å². The van der Waals surface area contributed by atoms with E-state index in [9.17, 15) is 4.79 Å². The second-order valence-electron chi connectivity index (χ2n) is 4.86. The van der Waals surface area contributed by atoms with Gasteiger partial charge in [-0.1, -0.05) is 6.07 Å². The van der Waals surface area contributed by atoms with Crippen LogP contribution in [0.2, 0.25) is 0 Å². The van der Waals surface area contributed by atoms with Crippen LogP contribution in [0.1, 0.15) is 19.4 Å². The minimum absolute atomic E-state index is 0.0444. The van der Waals surface area contributed by atoms with Gasteiger partial charge in [-0.3, -0.25) is 9.69 Å². The van der Waals surface area contributed by atoms with E-state index >= 15 is 0 Å². The molecule has 1 aromatic carbocycles. The third-order valence-corrected chi connectivity index (χ3v) is 3.11. The van der Waals surface area contributed by atoms with E-state index in [0.717, 1.165) is 11.3 Å². The Morgan fingerprint density at radius 2 is 2.16 bits per heavy atom. The van der Waals surface area contributed by atoms with Gasteiger partial charge in [-0.05, 0) is 38.5 Å². The molecule has 0 atom stereocenters. The van der Waals surface area contributed by atoms with Crippen LogP contribution >= 0.6 is 0 Å². The van der Waals surface area contributed by atoms with E-state index in [0.29, 0.717) is 12.2 Å². The molecule has 0 aliphatic rings. The van der Waals surface area contributed by atoms with Gasteiger partial charge in [0.2, 0.25) is 5.91 Å². The number of anilines is 2. The van der Waals surface area contributed by atoms with Crippen molar-refractivity contribution in [3.05, 3.63) is 23.8 Å². The average Bonchev–Trinajstić information content (AvgIpc) is 2.34. The zero-order valence-corrected chi connectivity index (χ0v) is 11.8. The van der Waals surface area contributed by atoms with Gasteiger partial charge in [-0.15, -0.1) is 0 Å². The number of amides is 1. The van der Waals surface area contributed by atoms with Crippen molar-refractivity contribution in [2.24, 2.45) is 0 Å². The molecule has 1 aromatic rings. The Hall–Kier alpha value is -1.59. The van der Waals surface area contributed by atoms with Gasteiger partial charge in [0.25, 0.3) is 0 Å². The highest BCUT2D eigenvalue weighted by atomic mass is 16.3. The lowest BCUT2D eigenvalue weighted by Gasteiger charge is -2.24. The van der Waals surface area contributed by atoms with Crippen molar-refractivity contribution in [2.45, 2.75) is 26.8 Å². The van der Waals surface area contributed by atoms with Crippen molar-refractivity contribution in [1.82, 2.24) is 4.90 Å². The molecular weight excluding hydrogens is 242 g/mol. The predicted octanol–water partition coefficient (Wildman–Crippen LogP) is 1.22. The summed E-state index contributed by atoms with van der Waals surface area (Å²) in [5.41, 5.74) is 8.06. The van der Waals surface area contributed by atoms with E-state index < -0.39 is 0 Å². The number of nitrogens with two attached hydrogens (primary N) is 1. The highest BCUT2D eigenvalue weighted by molar-refractivity contribution is 5.93. The first kappa shape index (κ1) is 15.5. The van der Waals surface area contributed by atoms with Crippen LogP contribution < -0.4 is 11.1 Å². The molecule has 106 valence electrons. The number of aliphatic hydroxyl groups excluding tert-OH is 1. The molecule has 5 heteroatoms. The first-order chi connectivity index (χ1) is 8.95. The molecule has 0 aliphatic carbocycles. The third kappa shape index (κ3) is 4.54. The molecule has 0 heterocycles. The standard InChI is InChI=1S/C14H23N3O2/c1-10(2)17(7-8-18)9-14(19)16-13-6-4-5-12(15)11(13)3/h4-6,10,18H,7-9,15H2,1-3H3,(H,16,19). The Bertz CT molecular complexity index is 433. The summed E-state index contributed by atoms with van der Waals surface area (Å²) >= 11 is 0. The summed E-state index contributed by atoms with van der Waals surface area (Å²) < 4.78 is 0. The van der Waals surface area contributed by atoms with Gasteiger partial charge < -0.3 is 16.2 Å². The smallest absolute Gasteiger partial charge is 0.238 e. The van der Waals surface area contributed by atoms with Gasteiger partial charge in [0.1, 0.15) is 0 Å². The number of nitrogen functional groups attached to an aromatic ring is 1. The van der Waals surface area contributed by atoms with Crippen molar-refractivity contribution < 1.29 is 9.90 Å². The zero-order valence-electron chi connectivity index (χ0n) is 11.8. The quantitative estimate of drug-likeness (QED) is 0.676.